The lowest BCUT2D eigenvalue weighted by atomic mass is 10.1. The molecule has 9 heteroatoms. The Kier molecular flexibility index (Phi) is 6.21. The maximum absolute atomic E-state index is 14.0. The molecule has 0 amide bonds. The first kappa shape index (κ1) is 22.2. The van der Waals surface area contributed by atoms with Crippen molar-refractivity contribution in [3.8, 4) is 28.4 Å². The van der Waals surface area contributed by atoms with E-state index < -0.39 is 23.5 Å². The number of carbonyl (C=O) groups is 1. The number of nitrogens with zero attached hydrogens (tertiary/aromatic N) is 3. The highest BCUT2D eigenvalue weighted by molar-refractivity contribution is 5.88. The van der Waals surface area contributed by atoms with E-state index in [0.29, 0.717) is 41.0 Å². The smallest absolute Gasteiger partial charge is 0.338 e. The van der Waals surface area contributed by atoms with Gasteiger partial charge in [0.05, 0.1) is 5.56 Å². The quantitative estimate of drug-likeness (QED) is 0.353. The van der Waals surface area contributed by atoms with Crippen LogP contribution in [0.5, 0.6) is 5.75 Å². The van der Waals surface area contributed by atoms with Gasteiger partial charge in [0.25, 0.3) is 0 Å². The molecule has 0 aliphatic carbocycles. The van der Waals surface area contributed by atoms with Crippen LogP contribution in [-0.2, 0) is 0 Å². The molecular formula is C24H22FN3O5. The summed E-state index contributed by atoms with van der Waals surface area (Å²) in [6.07, 6.45) is 1.50. The van der Waals surface area contributed by atoms with Crippen LogP contribution in [0.3, 0.4) is 0 Å². The Balaban J connectivity index is 1.49. The molecule has 0 aliphatic heterocycles. The molecule has 4 aromatic rings. The first-order valence-corrected chi connectivity index (χ1v) is 10.4. The largest absolute Gasteiger partial charge is 0.481 e. The van der Waals surface area contributed by atoms with E-state index in [9.17, 15) is 9.18 Å². The third-order valence-corrected chi connectivity index (χ3v) is 4.99. The first-order valence-electron chi connectivity index (χ1n) is 10.4. The van der Waals surface area contributed by atoms with Gasteiger partial charge in [0, 0.05) is 17.0 Å². The zero-order valence-electron chi connectivity index (χ0n) is 18.3. The summed E-state index contributed by atoms with van der Waals surface area (Å²) in [6.45, 7) is 5.89. The number of carboxylic acids is 1. The zero-order valence-corrected chi connectivity index (χ0v) is 18.3. The highest BCUT2D eigenvalue weighted by Gasteiger charge is 2.20. The normalized spacial score (nSPS) is 12.2. The molecule has 2 aromatic carbocycles. The maximum atomic E-state index is 14.0. The molecule has 0 spiro atoms. The monoisotopic (exact) mass is 451 g/mol. The third-order valence-electron chi connectivity index (χ3n) is 4.99. The average molecular weight is 451 g/mol. The fraction of sp³-hybridized carbons (Fsp3) is 0.250. The number of halogens is 1. The number of ether oxygens (including phenoxy) is 1. The summed E-state index contributed by atoms with van der Waals surface area (Å²) in [5.41, 5.74) is 1.20. The fourth-order valence-electron chi connectivity index (χ4n) is 3.16. The molecule has 33 heavy (non-hydrogen) atoms. The molecule has 0 aliphatic rings. The van der Waals surface area contributed by atoms with Crippen LogP contribution in [0.25, 0.3) is 22.6 Å². The van der Waals surface area contributed by atoms with Gasteiger partial charge in [-0.15, -0.1) is 0 Å². The minimum atomic E-state index is -1.33. The Labute approximate surface area is 189 Å². The Morgan fingerprint density at radius 3 is 2.42 bits per heavy atom. The van der Waals surface area contributed by atoms with Gasteiger partial charge in [-0.25, -0.2) is 14.2 Å². The van der Waals surface area contributed by atoms with Crippen molar-refractivity contribution in [1.29, 1.82) is 0 Å². The summed E-state index contributed by atoms with van der Waals surface area (Å²) >= 11 is 0. The second-order valence-electron chi connectivity index (χ2n) is 7.72. The van der Waals surface area contributed by atoms with Gasteiger partial charge in [-0.3, -0.25) is 0 Å². The van der Waals surface area contributed by atoms with Crippen molar-refractivity contribution < 1.29 is 28.0 Å². The predicted octanol–water partition coefficient (Wildman–Crippen LogP) is 5.88. The topological polar surface area (TPSA) is 111 Å². The molecule has 8 nitrogen and oxygen atoms in total. The Hall–Kier alpha value is -4.01. The summed E-state index contributed by atoms with van der Waals surface area (Å²) in [6, 6.07) is 11.1. The van der Waals surface area contributed by atoms with E-state index in [1.165, 1.54) is 18.4 Å². The van der Waals surface area contributed by atoms with Crippen molar-refractivity contribution in [3.05, 3.63) is 71.9 Å². The van der Waals surface area contributed by atoms with Gasteiger partial charge in [-0.2, -0.15) is 4.98 Å². The molecule has 1 atom stereocenters. The average Bonchev–Trinajstić information content (AvgIpc) is 3.48. The number of aromatic nitrogens is 3. The maximum Gasteiger partial charge on any atom is 0.338 e. The molecule has 4 rings (SSSR count). The van der Waals surface area contributed by atoms with E-state index in [1.54, 1.807) is 12.1 Å². The van der Waals surface area contributed by atoms with Gasteiger partial charge < -0.3 is 18.8 Å². The standard InChI is InChI=1S/C24H22FN3O5/c1-4-20(23-26-19(12-31-23)15-7-10-17(24(29)30)18(25)11-15)32-16-8-5-14(6-9-16)21-27-22(13(2)3)33-28-21/h5-13,20H,4H2,1-3H3,(H,29,30). The van der Waals surface area contributed by atoms with Gasteiger partial charge in [0.2, 0.25) is 17.6 Å². The van der Waals surface area contributed by atoms with Crippen molar-refractivity contribution >= 4 is 5.97 Å². The molecule has 2 heterocycles. The first-order chi connectivity index (χ1) is 15.9. The fourth-order valence-corrected chi connectivity index (χ4v) is 3.16. The Bertz CT molecular complexity index is 1260. The van der Waals surface area contributed by atoms with Crippen LogP contribution in [0.1, 0.15) is 61.4 Å². The van der Waals surface area contributed by atoms with Crippen molar-refractivity contribution in [2.24, 2.45) is 0 Å². The molecular weight excluding hydrogens is 429 g/mol. The summed E-state index contributed by atoms with van der Waals surface area (Å²) in [4.78, 5) is 19.8. The van der Waals surface area contributed by atoms with Crippen molar-refractivity contribution in [2.45, 2.75) is 39.2 Å². The van der Waals surface area contributed by atoms with Crippen LogP contribution >= 0.6 is 0 Å². The second kappa shape index (κ2) is 9.23. The van der Waals surface area contributed by atoms with Gasteiger partial charge in [-0.1, -0.05) is 32.0 Å². The van der Waals surface area contributed by atoms with Crippen molar-refractivity contribution in [3.63, 3.8) is 0 Å². The number of hydrogen-bond donors (Lipinski definition) is 1. The molecule has 0 bridgehead atoms. The van der Waals surface area contributed by atoms with E-state index in [0.717, 1.165) is 11.6 Å². The number of carboxylic acid groups (broad SMARTS) is 1. The van der Waals surface area contributed by atoms with Gasteiger partial charge in [-0.05, 0) is 42.8 Å². The zero-order chi connectivity index (χ0) is 23.5. The van der Waals surface area contributed by atoms with E-state index in [2.05, 4.69) is 15.1 Å². The van der Waals surface area contributed by atoms with Crippen LogP contribution in [0.15, 0.2) is 57.7 Å². The van der Waals surface area contributed by atoms with E-state index in [1.807, 2.05) is 32.9 Å². The minimum absolute atomic E-state index is 0.149. The summed E-state index contributed by atoms with van der Waals surface area (Å²) in [7, 11) is 0. The lowest BCUT2D eigenvalue weighted by molar-refractivity contribution is 0.0692. The van der Waals surface area contributed by atoms with E-state index >= 15 is 0 Å². The summed E-state index contributed by atoms with van der Waals surface area (Å²) in [5, 5.41) is 13.0. The number of oxazole rings is 1. The number of benzene rings is 2. The Morgan fingerprint density at radius 2 is 1.82 bits per heavy atom. The Morgan fingerprint density at radius 1 is 1.09 bits per heavy atom. The molecule has 0 fully saturated rings. The number of aromatic carboxylic acids is 1. The van der Waals surface area contributed by atoms with Crippen LogP contribution in [0.2, 0.25) is 0 Å². The summed E-state index contributed by atoms with van der Waals surface area (Å²) < 4.78 is 30.9. The highest BCUT2D eigenvalue weighted by Crippen LogP contribution is 2.29. The van der Waals surface area contributed by atoms with Gasteiger partial charge in [0.15, 0.2) is 6.10 Å². The molecule has 170 valence electrons. The van der Waals surface area contributed by atoms with Crippen LogP contribution in [0.4, 0.5) is 4.39 Å². The van der Waals surface area contributed by atoms with E-state index in [4.69, 9.17) is 18.8 Å². The van der Waals surface area contributed by atoms with Crippen molar-refractivity contribution in [2.75, 3.05) is 0 Å². The van der Waals surface area contributed by atoms with E-state index in [-0.39, 0.29) is 5.92 Å². The molecule has 1 N–H and O–H groups in total. The summed E-state index contributed by atoms with van der Waals surface area (Å²) in [5.74, 6) is 0.00899. The molecule has 0 saturated heterocycles. The molecule has 0 radical (unpaired) electrons. The van der Waals surface area contributed by atoms with Gasteiger partial charge >= 0.3 is 5.97 Å². The van der Waals surface area contributed by atoms with Crippen LogP contribution in [0, 0.1) is 5.82 Å². The number of rotatable bonds is 8. The third kappa shape index (κ3) is 4.77. The molecule has 2 aromatic heterocycles. The minimum Gasteiger partial charge on any atom is -0.481 e. The molecule has 0 saturated carbocycles. The number of hydrogen-bond acceptors (Lipinski definition) is 7. The lowest BCUT2D eigenvalue weighted by Gasteiger charge is -2.14. The van der Waals surface area contributed by atoms with Crippen molar-refractivity contribution in [1.82, 2.24) is 15.1 Å². The van der Waals surface area contributed by atoms with Gasteiger partial charge in [0.1, 0.15) is 23.5 Å². The molecule has 1 unspecified atom stereocenters. The highest BCUT2D eigenvalue weighted by atomic mass is 19.1. The predicted molar refractivity (Wildman–Crippen MR) is 116 cm³/mol. The lowest BCUT2D eigenvalue weighted by Crippen LogP contribution is -2.07. The second-order valence-corrected chi connectivity index (χ2v) is 7.72. The SMILES string of the molecule is CCC(Oc1ccc(-c2noc(C(C)C)n2)cc1)c1nc(-c2ccc(C(=O)O)c(F)c2)co1. The van der Waals surface area contributed by atoms with Crippen LogP contribution < -0.4 is 4.74 Å². The van der Waals surface area contributed by atoms with Crippen LogP contribution in [-0.4, -0.2) is 26.2 Å².